The maximum Gasteiger partial charge on any atom is 0.387 e. The van der Waals surface area contributed by atoms with Crippen LogP contribution < -0.4 is 10.1 Å². The van der Waals surface area contributed by atoms with Crippen LogP contribution in [0.15, 0.2) is 45.3 Å². The molecule has 2 aromatic carbocycles. The molecular formula is C14H10Br2F3NO. The molecule has 2 nitrogen and oxygen atoms in total. The fourth-order valence-corrected chi connectivity index (χ4v) is 2.36. The average molecular weight is 425 g/mol. The number of benzene rings is 2. The summed E-state index contributed by atoms with van der Waals surface area (Å²) < 4.78 is 43.7. The quantitative estimate of drug-likeness (QED) is 0.677. The molecule has 0 aliphatic carbocycles. The Kier molecular flexibility index (Phi) is 5.52. The topological polar surface area (TPSA) is 21.3 Å². The van der Waals surface area contributed by atoms with Crippen LogP contribution in [0.2, 0.25) is 0 Å². The number of nitrogens with one attached hydrogen (secondary N) is 1. The van der Waals surface area contributed by atoms with Crippen molar-refractivity contribution in [2.75, 3.05) is 5.32 Å². The van der Waals surface area contributed by atoms with Crippen molar-refractivity contribution < 1.29 is 17.9 Å². The lowest BCUT2D eigenvalue weighted by Gasteiger charge is -2.13. The molecule has 0 aliphatic rings. The van der Waals surface area contributed by atoms with Gasteiger partial charge in [0.1, 0.15) is 11.6 Å². The number of anilines is 1. The van der Waals surface area contributed by atoms with Crippen molar-refractivity contribution in [3.63, 3.8) is 0 Å². The summed E-state index contributed by atoms with van der Waals surface area (Å²) in [6.07, 6.45) is 0. The van der Waals surface area contributed by atoms with Crippen LogP contribution in [0.4, 0.5) is 18.9 Å². The maximum absolute atomic E-state index is 13.4. The highest BCUT2D eigenvalue weighted by atomic mass is 79.9. The Morgan fingerprint density at radius 3 is 2.52 bits per heavy atom. The normalized spacial score (nSPS) is 10.8. The van der Waals surface area contributed by atoms with Gasteiger partial charge in [0, 0.05) is 22.3 Å². The molecule has 21 heavy (non-hydrogen) atoms. The van der Waals surface area contributed by atoms with Gasteiger partial charge in [-0.1, -0.05) is 15.9 Å². The molecule has 0 radical (unpaired) electrons. The highest BCUT2D eigenvalue weighted by Gasteiger charge is 2.10. The Hall–Kier alpha value is -1.21. The standard InChI is InChI=1S/C14H10Br2F3NO/c15-9-1-4-13(21-14(18)19)8(5-9)7-20-10-2-3-11(16)12(17)6-10/h1-6,14,20H,7H2. The van der Waals surface area contributed by atoms with Crippen LogP contribution >= 0.6 is 31.9 Å². The zero-order valence-electron chi connectivity index (χ0n) is 10.5. The van der Waals surface area contributed by atoms with Crippen LogP contribution in [0.1, 0.15) is 5.56 Å². The molecule has 0 saturated heterocycles. The van der Waals surface area contributed by atoms with E-state index in [-0.39, 0.29) is 12.3 Å². The van der Waals surface area contributed by atoms with E-state index in [4.69, 9.17) is 0 Å². The number of alkyl halides is 2. The summed E-state index contributed by atoms with van der Waals surface area (Å²) >= 11 is 6.33. The molecule has 0 amide bonds. The number of halogens is 5. The van der Waals surface area contributed by atoms with Gasteiger partial charge in [-0.05, 0) is 52.3 Å². The lowest BCUT2D eigenvalue weighted by atomic mass is 10.2. The smallest absolute Gasteiger partial charge is 0.387 e. The SMILES string of the molecule is Fc1cc(NCc2cc(Br)ccc2OC(F)F)ccc1Br. The fourth-order valence-electron chi connectivity index (χ4n) is 1.70. The molecule has 0 heterocycles. The van der Waals surface area contributed by atoms with Crippen LogP contribution in [-0.2, 0) is 6.54 Å². The average Bonchev–Trinajstić information content (AvgIpc) is 2.42. The van der Waals surface area contributed by atoms with Gasteiger partial charge in [-0.25, -0.2) is 4.39 Å². The first-order chi connectivity index (χ1) is 9.95. The highest BCUT2D eigenvalue weighted by Crippen LogP contribution is 2.26. The number of hydrogen-bond donors (Lipinski definition) is 1. The van der Waals surface area contributed by atoms with Crippen LogP contribution in [-0.4, -0.2) is 6.61 Å². The summed E-state index contributed by atoms with van der Waals surface area (Å²) in [5.41, 5.74) is 1.08. The molecule has 112 valence electrons. The molecule has 2 rings (SSSR count). The Morgan fingerprint density at radius 2 is 1.86 bits per heavy atom. The maximum atomic E-state index is 13.4. The molecular weight excluding hydrogens is 415 g/mol. The van der Waals surface area contributed by atoms with E-state index >= 15 is 0 Å². The summed E-state index contributed by atoms with van der Waals surface area (Å²) in [4.78, 5) is 0. The summed E-state index contributed by atoms with van der Waals surface area (Å²) in [6, 6.07) is 9.29. The van der Waals surface area contributed by atoms with Gasteiger partial charge in [0.2, 0.25) is 0 Å². The minimum Gasteiger partial charge on any atom is -0.434 e. The molecule has 2 aromatic rings. The zero-order chi connectivity index (χ0) is 15.4. The minimum absolute atomic E-state index is 0.0817. The van der Waals surface area contributed by atoms with Crippen molar-refractivity contribution in [3.8, 4) is 5.75 Å². The Balaban J connectivity index is 2.14. The molecule has 0 unspecified atom stereocenters. The molecule has 1 N–H and O–H groups in total. The van der Waals surface area contributed by atoms with Gasteiger partial charge in [-0.2, -0.15) is 8.78 Å². The summed E-state index contributed by atoms with van der Waals surface area (Å²) in [5, 5.41) is 2.96. The second kappa shape index (κ2) is 7.17. The van der Waals surface area contributed by atoms with Crippen molar-refractivity contribution in [2.45, 2.75) is 13.2 Å². The van der Waals surface area contributed by atoms with Crippen LogP contribution in [0, 0.1) is 5.82 Å². The minimum atomic E-state index is -2.89. The molecule has 0 fully saturated rings. The first kappa shape index (κ1) is 16.2. The Morgan fingerprint density at radius 1 is 1.10 bits per heavy atom. The molecule has 0 spiro atoms. The van der Waals surface area contributed by atoms with Gasteiger partial charge in [-0.3, -0.25) is 0 Å². The lowest BCUT2D eigenvalue weighted by molar-refractivity contribution is -0.0504. The zero-order valence-corrected chi connectivity index (χ0v) is 13.7. The van der Waals surface area contributed by atoms with Gasteiger partial charge in [0.15, 0.2) is 0 Å². The Labute approximate surface area is 136 Å². The van der Waals surface area contributed by atoms with Crippen LogP contribution in [0.3, 0.4) is 0 Å². The third kappa shape index (κ3) is 4.64. The van der Waals surface area contributed by atoms with Gasteiger partial charge in [0.05, 0.1) is 4.47 Å². The second-order valence-corrected chi connectivity index (χ2v) is 5.88. The summed E-state index contributed by atoms with van der Waals surface area (Å²) in [7, 11) is 0. The number of hydrogen-bond acceptors (Lipinski definition) is 2. The molecule has 7 heteroatoms. The third-order valence-electron chi connectivity index (χ3n) is 2.64. The van der Waals surface area contributed by atoms with E-state index in [1.807, 2.05) is 0 Å². The van der Waals surface area contributed by atoms with Gasteiger partial charge in [0.25, 0.3) is 0 Å². The summed E-state index contributed by atoms with van der Waals surface area (Å²) in [6.45, 7) is -2.67. The lowest BCUT2D eigenvalue weighted by Crippen LogP contribution is -2.07. The van der Waals surface area contributed by atoms with E-state index in [0.717, 1.165) is 4.47 Å². The van der Waals surface area contributed by atoms with Crippen molar-refractivity contribution in [3.05, 3.63) is 56.7 Å². The third-order valence-corrected chi connectivity index (χ3v) is 3.78. The van der Waals surface area contributed by atoms with Crippen LogP contribution in [0.5, 0.6) is 5.75 Å². The van der Waals surface area contributed by atoms with E-state index < -0.39 is 12.4 Å². The highest BCUT2D eigenvalue weighted by molar-refractivity contribution is 9.10. The van der Waals surface area contributed by atoms with Gasteiger partial charge in [-0.15, -0.1) is 0 Å². The molecule has 0 bridgehead atoms. The monoisotopic (exact) mass is 423 g/mol. The summed E-state index contributed by atoms with van der Waals surface area (Å²) in [5.74, 6) is -0.323. The molecule has 0 aliphatic heterocycles. The van der Waals surface area contributed by atoms with Gasteiger partial charge < -0.3 is 10.1 Å². The first-order valence-corrected chi connectivity index (χ1v) is 7.46. The van der Waals surface area contributed by atoms with E-state index in [2.05, 4.69) is 41.9 Å². The fraction of sp³-hybridized carbons (Fsp3) is 0.143. The predicted octanol–water partition coefficient (Wildman–Crippen LogP) is 5.56. The molecule has 0 atom stereocenters. The van der Waals surface area contributed by atoms with Gasteiger partial charge >= 0.3 is 6.61 Å². The van der Waals surface area contributed by atoms with Crippen molar-refractivity contribution in [2.24, 2.45) is 0 Å². The number of ether oxygens (including phenoxy) is 1. The molecule has 0 saturated carbocycles. The Bertz CT molecular complexity index is 638. The van der Waals surface area contributed by atoms with E-state index in [9.17, 15) is 13.2 Å². The predicted molar refractivity (Wildman–Crippen MR) is 82.2 cm³/mol. The van der Waals surface area contributed by atoms with Crippen molar-refractivity contribution in [1.29, 1.82) is 0 Å². The van der Waals surface area contributed by atoms with E-state index in [1.165, 1.54) is 12.1 Å². The van der Waals surface area contributed by atoms with Crippen molar-refractivity contribution in [1.82, 2.24) is 0 Å². The number of rotatable bonds is 5. The first-order valence-electron chi connectivity index (χ1n) is 5.88. The van der Waals surface area contributed by atoms with Crippen molar-refractivity contribution >= 4 is 37.5 Å². The second-order valence-electron chi connectivity index (χ2n) is 4.11. The molecule has 0 aromatic heterocycles. The largest absolute Gasteiger partial charge is 0.434 e. The van der Waals surface area contributed by atoms with E-state index in [1.54, 1.807) is 24.3 Å². The van der Waals surface area contributed by atoms with E-state index in [0.29, 0.717) is 15.7 Å². The van der Waals surface area contributed by atoms with Crippen LogP contribution in [0.25, 0.3) is 0 Å².